The van der Waals surface area contributed by atoms with Crippen molar-refractivity contribution >= 4 is 21.4 Å². The maximum Gasteiger partial charge on any atom is 0.270 e. The number of likely N-dealkylation sites (tertiary alicyclic amines) is 1. The van der Waals surface area contributed by atoms with E-state index in [2.05, 4.69) is 0 Å². The number of non-ortho nitro benzene ring substituents is 1. The van der Waals surface area contributed by atoms with Crippen LogP contribution in [0.15, 0.2) is 24.3 Å². The Balaban J connectivity index is 2.17. The number of hydrogen-bond acceptors (Lipinski definition) is 5. The van der Waals surface area contributed by atoms with E-state index in [0.717, 1.165) is 6.26 Å². The van der Waals surface area contributed by atoms with E-state index < -0.39 is 20.0 Å². The van der Waals surface area contributed by atoms with Gasteiger partial charge < -0.3 is 4.90 Å². The number of nitro groups is 1. The average Bonchev–Trinajstić information content (AvgIpc) is 2.87. The molecule has 0 radical (unpaired) electrons. The predicted octanol–water partition coefficient (Wildman–Crippen LogP) is 0.854. The van der Waals surface area contributed by atoms with Crippen molar-refractivity contribution in [3.05, 3.63) is 39.9 Å². The monoisotopic (exact) mass is 298 g/mol. The van der Waals surface area contributed by atoms with Crippen molar-refractivity contribution in [3.63, 3.8) is 0 Å². The fraction of sp³-hybridized carbons (Fsp3) is 0.417. The molecular formula is C12H14N2O5S. The van der Waals surface area contributed by atoms with Crippen LogP contribution in [0.4, 0.5) is 5.69 Å². The normalized spacial score (nSPS) is 19.1. The minimum absolute atomic E-state index is 0.139. The van der Waals surface area contributed by atoms with Crippen LogP contribution < -0.4 is 0 Å². The fourth-order valence-corrected chi connectivity index (χ4v) is 3.18. The molecule has 1 aliphatic heterocycles. The minimum atomic E-state index is -3.17. The van der Waals surface area contributed by atoms with Gasteiger partial charge in [0.2, 0.25) is 0 Å². The predicted molar refractivity (Wildman–Crippen MR) is 72.2 cm³/mol. The summed E-state index contributed by atoms with van der Waals surface area (Å²) in [6, 6.07) is 5.44. The van der Waals surface area contributed by atoms with Crippen LogP contribution in [-0.4, -0.2) is 48.7 Å². The average molecular weight is 298 g/mol. The second-order valence-electron chi connectivity index (χ2n) is 4.80. The number of carbonyl (C=O) groups is 1. The van der Waals surface area contributed by atoms with Crippen LogP contribution in [0.2, 0.25) is 0 Å². The molecule has 1 heterocycles. The van der Waals surface area contributed by atoms with E-state index in [1.165, 1.54) is 29.2 Å². The van der Waals surface area contributed by atoms with Gasteiger partial charge in [0.25, 0.3) is 11.6 Å². The quantitative estimate of drug-likeness (QED) is 0.608. The van der Waals surface area contributed by atoms with Crippen molar-refractivity contribution in [1.82, 2.24) is 4.90 Å². The lowest BCUT2D eigenvalue weighted by Gasteiger charge is -2.16. The Kier molecular flexibility index (Phi) is 3.76. The first-order valence-electron chi connectivity index (χ1n) is 6.01. The highest BCUT2D eigenvalue weighted by atomic mass is 32.2. The molecule has 108 valence electrons. The molecule has 1 saturated heterocycles. The van der Waals surface area contributed by atoms with Crippen LogP contribution in [0, 0.1) is 10.1 Å². The van der Waals surface area contributed by atoms with Crippen LogP contribution in [-0.2, 0) is 9.84 Å². The molecule has 0 aliphatic carbocycles. The van der Waals surface area contributed by atoms with Crippen molar-refractivity contribution < 1.29 is 18.1 Å². The number of sulfone groups is 1. The number of nitrogens with zero attached hydrogens (tertiary/aromatic N) is 2. The third kappa shape index (κ3) is 2.96. The van der Waals surface area contributed by atoms with Crippen LogP contribution >= 0.6 is 0 Å². The summed E-state index contributed by atoms with van der Waals surface area (Å²) < 4.78 is 22.9. The highest BCUT2D eigenvalue weighted by Gasteiger charge is 2.33. The molecule has 1 aromatic rings. The summed E-state index contributed by atoms with van der Waals surface area (Å²) in [5.41, 5.74) is 0.0445. The Labute approximate surface area is 116 Å². The third-order valence-electron chi connectivity index (χ3n) is 3.34. The van der Waals surface area contributed by atoms with Crippen molar-refractivity contribution in [2.75, 3.05) is 19.3 Å². The van der Waals surface area contributed by atoms with Gasteiger partial charge in [-0.1, -0.05) is 6.07 Å². The van der Waals surface area contributed by atoms with Gasteiger partial charge in [-0.25, -0.2) is 8.42 Å². The van der Waals surface area contributed by atoms with Crippen LogP contribution in [0.5, 0.6) is 0 Å². The Morgan fingerprint density at radius 2 is 2.15 bits per heavy atom. The first-order chi connectivity index (χ1) is 9.29. The molecule has 7 nitrogen and oxygen atoms in total. The largest absolute Gasteiger partial charge is 0.337 e. The van der Waals surface area contributed by atoms with Gasteiger partial charge in [-0.15, -0.1) is 0 Å². The number of nitro benzene ring substituents is 1. The fourth-order valence-electron chi connectivity index (χ4n) is 2.20. The van der Waals surface area contributed by atoms with Gasteiger partial charge in [-0.3, -0.25) is 14.9 Å². The van der Waals surface area contributed by atoms with Gasteiger partial charge in [-0.05, 0) is 12.5 Å². The molecule has 1 atom stereocenters. The van der Waals surface area contributed by atoms with Crippen LogP contribution in [0.3, 0.4) is 0 Å². The van der Waals surface area contributed by atoms with E-state index in [1.54, 1.807) is 0 Å². The van der Waals surface area contributed by atoms with E-state index in [0.29, 0.717) is 13.0 Å². The Bertz CT molecular complexity index is 656. The molecule has 8 heteroatoms. The molecular weight excluding hydrogens is 284 g/mol. The summed E-state index contributed by atoms with van der Waals surface area (Å²) in [5.74, 6) is -0.375. The van der Waals surface area contributed by atoms with E-state index in [-0.39, 0.29) is 23.7 Å². The highest BCUT2D eigenvalue weighted by molar-refractivity contribution is 7.91. The second kappa shape index (κ2) is 5.20. The van der Waals surface area contributed by atoms with Crippen molar-refractivity contribution in [1.29, 1.82) is 0 Å². The van der Waals surface area contributed by atoms with Crippen LogP contribution in [0.1, 0.15) is 16.8 Å². The van der Waals surface area contributed by atoms with Gasteiger partial charge in [0.1, 0.15) is 0 Å². The zero-order valence-electron chi connectivity index (χ0n) is 10.9. The van der Waals surface area contributed by atoms with Crippen LogP contribution in [0.25, 0.3) is 0 Å². The molecule has 1 unspecified atom stereocenters. The summed E-state index contributed by atoms with van der Waals surface area (Å²) in [6.45, 7) is 0.486. The topological polar surface area (TPSA) is 97.6 Å². The van der Waals surface area contributed by atoms with Crippen molar-refractivity contribution in [2.45, 2.75) is 11.7 Å². The minimum Gasteiger partial charge on any atom is -0.337 e. The van der Waals surface area contributed by atoms with E-state index in [9.17, 15) is 23.3 Å². The SMILES string of the molecule is CS(=O)(=O)C1CCN(C(=O)c2cccc([N+](=O)[O-])c2)C1. The molecule has 0 bridgehead atoms. The number of hydrogen-bond donors (Lipinski definition) is 0. The molecule has 1 aromatic carbocycles. The first kappa shape index (κ1) is 14.4. The van der Waals surface area contributed by atoms with E-state index in [1.807, 2.05) is 0 Å². The number of rotatable bonds is 3. The molecule has 20 heavy (non-hydrogen) atoms. The molecule has 1 aliphatic rings. The van der Waals surface area contributed by atoms with E-state index in [4.69, 9.17) is 0 Å². The zero-order valence-corrected chi connectivity index (χ0v) is 11.7. The number of benzene rings is 1. The van der Waals surface area contributed by atoms with Gasteiger partial charge in [0.15, 0.2) is 9.84 Å². The number of amides is 1. The summed E-state index contributed by atoms with van der Waals surface area (Å²) >= 11 is 0. The standard InChI is InChI=1S/C12H14N2O5S/c1-20(18,19)11-5-6-13(8-11)12(15)9-3-2-4-10(7-9)14(16)17/h2-4,7,11H,5-6,8H2,1H3. The van der Waals surface area contributed by atoms with Crippen molar-refractivity contribution in [2.24, 2.45) is 0 Å². The maximum absolute atomic E-state index is 12.2. The Morgan fingerprint density at radius 3 is 2.70 bits per heavy atom. The lowest BCUT2D eigenvalue weighted by molar-refractivity contribution is -0.384. The Hall–Kier alpha value is -1.96. The third-order valence-corrected chi connectivity index (χ3v) is 4.94. The summed E-state index contributed by atoms with van der Waals surface area (Å²) in [6.07, 6.45) is 1.55. The molecule has 2 rings (SSSR count). The maximum atomic E-state index is 12.2. The van der Waals surface area contributed by atoms with Crippen molar-refractivity contribution in [3.8, 4) is 0 Å². The summed E-state index contributed by atoms with van der Waals surface area (Å²) in [4.78, 5) is 23.7. The van der Waals surface area contributed by atoms with Gasteiger partial charge in [0, 0.05) is 37.0 Å². The van der Waals surface area contributed by atoms with E-state index >= 15 is 0 Å². The molecule has 0 aromatic heterocycles. The highest BCUT2D eigenvalue weighted by Crippen LogP contribution is 2.20. The molecule has 1 amide bonds. The number of carbonyl (C=O) groups excluding carboxylic acids is 1. The molecule has 0 saturated carbocycles. The summed E-state index contributed by atoms with van der Waals surface area (Å²) in [5, 5.41) is 10.1. The van der Waals surface area contributed by atoms with Gasteiger partial charge in [-0.2, -0.15) is 0 Å². The van der Waals surface area contributed by atoms with Gasteiger partial charge in [0.05, 0.1) is 10.2 Å². The second-order valence-corrected chi connectivity index (χ2v) is 7.12. The summed E-state index contributed by atoms with van der Waals surface area (Å²) in [7, 11) is -3.17. The first-order valence-corrected chi connectivity index (χ1v) is 7.97. The molecule has 0 N–H and O–H groups in total. The smallest absolute Gasteiger partial charge is 0.270 e. The Morgan fingerprint density at radius 1 is 1.45 bits per heavy atom. The lowest BCUT2D eigenvalue weighted by Crippen LogP contribution is -2.31. The molecule has 0 spiro atoms. The van der Waals surface area contributed by atoms with Gasteiger partial charge >= 0.3 is 0 Å². The molecule has 1 fully saturated rings. The lowest BCUT2D eigenvalue weighted by atomic mass is 10.2. The zero-order chi connectivity index (χ0) is 14.9.